The first-order chi connectivity index (χ1) is 11.7. The zero-order valence-corrected chi connectivity index (χ0v) is 13.4. The Bertz CT molecular complexity index is 742. The van der Waals surface area contributed by atoms with Gasteiger partial charge >= 0.3 is 0 Å². The van der Waals surface area contributed by atoms with E-state index in [2.05, 4.69) is 33.3 Å². The summed E-state index contributed by atoms with van der Waals surface area (Å²) in [6.45, 7) is 3.21. The lowest BCUT2D eigenvalue weighted by molar-refractivity contribution is 0.0663. The number of benzene rings is 1. The van der Waals surface area contributed by atoms with Gasteiger partial charge in [-0.25, -0.2) is 9.97 Å². The van der Waals surface area contributed by atoms with Crippen molar-refractivity contribution >= 4 is 17.5 Å². The summed E-state index contributed by atoms with van der Waals surface area (Å²) in [5, 5.41) is 11.8. The number of piperazine rings is 1. The summed E-state index contributed by atoms with van der Waals surface area (Å²) in [5.41, 5.74) is 1.87. The van der Waals surface area contributed by atoms with Crippen LogP contribution in [-0.2, 0) is 0 Å². The molecule has 1 N–H and O–H groups in total. The molecule has 2 aromatic rings. The normalized spacial score (nSPS) is 14.9. The van der Waals surface area contributed by atoms with Crippen LogP contribution < -0.4 is 5.32 Å². The molecule has 0 saturated carbocycles. The molecule has 7 nitrogen and oxygen atoms in total. The maximum atomic E-state index is 12.4. The summed E-state index contributed by atoms with van der Waals surface area (Å²) in [7, 11) is 2.05. The van der Waals surface area contributed by atoms with Gasteiger partial charge in [-0.3, -0.25) is 4.79 Å². The van der Waals surface area contributed by atoms with Crippen molar-refractivity contribution in [3.8, 4) is 6.07 Å². The molecule has 0 aliphatic carbocycles. The first kappa shape index (κ1) is 15.9. The Morgan fingerprint density at radius 1 is 1.12 bits per heavy atom. The molecule has 3 rings (SSSR count). The highest BCUT2D eigenvalue weighted by Crippen LogP contribution is 2.14. The lowest BCUT2D eigenvalue weighted by Crippen LogP contribution is -2.47. The second-order valence-electron chi connectivity index (χ2n) is 5.70. The molecule has 1 aromatic heterocycles. The van der Waals surface area contributed by atoms with Crippen molar-refractivity contribution in [2.45, 2.75) is 0 Å². The minimum atomic E-state index is -0.0342. The Morgan fingerprint density at radius 2 is 1.75 bits per heavy atom. The molecule has 122 valence electrons. The van der Waals surface area contributed by atoms with E-state index in [0.717, 1.165) is 31.9 Å². The number of nitriles is 1. The van der Waals surface area contributed by atoms with Gasteiger partial charge in [0.15, 0.2) is 0 Å². The molecular weight excluding hydrogens is 304 g/mol. The Morgan fingerprint density at radius 3 is 2.33 bits per heavy atom. The molecule has 1 aromatic carbocycles. The predicted molar refractivity (Wildman–Crippen MR) is 89.9 cm³/mol. The van der Waals surface area contributed by atoms with Crippen molar-refractivity contribution in [2.24, 2.45) is 0 Å². The van der Waals surface area contributed by atoms with Crippen molar-refractivity contribution < 1.29 is 4.79 Å². The van der Waals surface area contributed by atoms with E-state index >= 15 is 0 Å². The zero-order chi connectivity index (χ0) is 16.9. The Balaban J connectivity index is 1.64. The van der Waals surface area contributed by atoms with Crippen LogP contribution in [0, 0.1) is 11.3 Å². The number of carbonyl (C=O) groups excluding carboxylic acids is 1. The fourth-order valence-electron chi connectivity index (χ4n) is 2.45. The van der Waals surface area contributed by atoms with Crippen LogP contribution in [0.25, 0.3) is 0 Å². The number of amides is 1. The number of nitrogens with zero attached hydrogens (tertiary/aromatic N) is 5. The van der Waals surface area contributed by atoms with E-state index in [1.165, 1.54) is 0 Å². The van der Waals surface area contributed by atoms with Crippen molar-refractivity contribution in [1.82, 2.24) is 19.8 Å². The molecule has 1 aliphatic heterocycles. The molecular formula is C17H18N6O. The molecule has 1 amide bonds. The van der Waals surface area contributed by atoms with Crippen molar-refractivity contribution in [2.75, 3.05) is 38.5 Å². The number of aromatic nitrogens is 2. The number of nitrogens with one attached hydrogen (secondary N) is 1. The number of rotatable bonds is 3. The van der Waals surface area contributed by atoms with Crippen LogP contribution in [0.4, 0.5) is 11.6 Å². The Kier molecular flexibility index (Phi) is 4.68. The topological polar surface area (TPSA) is 85.1 Å². The van der Waals surface area contributed by atoms with Crippen molar-refractivity contribution in [3.63, 3.8) is 0 Å². The standard InChI is InChI=1S/C17H18N6O/c1-22-6-8-23(9-7-22)16(24)14-11-19-17(20-12-14)21-15-4-2-13(10-18)3-5-15/h2-5,11-12H,6-9H2,1H3,(H,19,20,21). The van der Waals surface area contributed by atoms with Gasteiger partial charge in [0, 0.05) is 44.3 Å². The molecule has 0 radical (unpaired) electrons. The highest BCUT2D eigenvalue weighted by atomic mass is 16.2. The number of hydrogen-bond donors (Lipinski definition) is 1. The van der Waals surface area contributed by atoms with E-state index in [-0.39, 0.29) is 5.91 Å². The van der Waals surface area contributed by atoms with Gasteiger partial charge in [0.05, 0.1) is 17.2 Å². The number of hydrogen-bond acceptors (Lipinski definition) is 6. The van der Waals surface area contributed by atoms with Crippen LogP contribution in [0.5, 0.6) is 0 Å². The maximum Gasteiger partial charge on any atom is 0.257 e. The number of carbonyl (C=O) groups is 1. The van der Waals surface area contributed by atoms with E-state index < -0.39 is 0 Å². The van der Waals surface area contributed by atoms with Crippen molar-refractivity contribution in [1.29, 1.82) is 5.26 Å². The smallest absolute Gasteiger partial charge is 0.257 e. The molecule has 1 aliphatic rings. The summed E-state index contributed by atoms with van der Waals surface area (Å²) in [5.74, 6) is 0.377. The summed E-state index contributed by atoms with van der Waals surface area (Å²) in [4.78, 5) is 24.9. The molecule has 0 unspecified atom stereocenters. The predicted octanol–water partition coefficient (Wildman–Crippen LogP) is 1.48. The maximum absolute atomic E-state index is 12.4. The van der Waals surface area contributed by atoms with Gasteiger partial charge in [-0.1, -0.05) is 0 Å². The first-order valence-electron chi connectivity index (χ1n) is 7.73. The minimum Gasteiger partial charge on any atom is -0.336 e. The van der Waals surface area contributed by atoms with E-state index in [1.807, 2.05) is 4.90 Å². The lowest BCUT2D eigenvalue weighted by Gasteiger charge is -2.32. The van der Waals surface area contributed by atoms with Crippen molar-refractivity contribution in [3.05, 3.63) is 47.8 Å². The quantitative estimate of drug-likeness (QED) is 0.921. The van der Waals surface area contributed by atoms with Gasteiger partial charge in [0.1, 0.15) is 0 Å². The lowest BCUT2D eigenvalue weighted by atomic mass is 10.2. The van der Waals surface area contributed by atoms with Crippen LogP contribution in [0.3, 0.4) is 0 Å². The van der Waals surface area contributed by atoms with Gasteiger partial charge in [-0.2, -0.15) is 5.26 Å². The van der Waals surface area contributed by atoms with E-state index in [0.29, 0.717) is 17.1 Å². The van der Waals surface area contributed by atoms with E-state index in [9.17, 15) is 4.79 Å². The highest BCUT2D eigenvalue weighted by Gasteiger charge is 2.20. The van der Waals surface area contributed by atoms with Crippen LogP contribution in [0.15, 0.2) is 36.7 Å². The third-order valence-electron chi connectivity index (χ3n) is 3.96. The third-order valence-corrected chi connectivity index (χ3v) is 3.96. The van der Waals surface area contributed by atoms with Crippen LogP contribution in [0.2, 0.25) is 0 Å². The molecule has 1 saturated heterocycles. The molecule has 1 fully saturated rings. The summed E-state index contributed by atoms with van der Waals surface area (Å²) in [6.07, 6.45) is 3.08. The second kappa shape index (κ2) is 7.06. The third kappa shape index (κ3) is 3.67. The highest BCUT2D eigenvalue weighted by molar-refractivity contribution is 5.93. The summed E-state index contributed by atoms with van der Waals surface area (Å²) in [6, 6.07) is 9.07. The first-order valence-corrected chi connectivity index (χ1v) is 7.73. The Labute approximate surface area is 140 Å². The SMILES string of the molecule is CN1CCN(C(=O)c2cnc(Nc3ccc(C#N)cc3)nc2)CC1. The molecule has 0 bridgehead atoms. The van der Waals surface area contributed by atoms with E-state index in [1.54, 1.807) is 36.7 Å². The zero-order valence-electron chi connectivity index (χ0n) is 13.4. The number of likely N-dealkylation sites (N-methyl/N-ethyl adjacent to an activating group) is 1. The number of anilines is 2. The molecule has 7 heteroatoms. The molecule has 0 atom stereocenters. The monoisotopic (exact) mass is 322 g/mol. The average Bonchev–Trinajstić information content (AvgIpc) is 2.63. The average molecular weight is 322 g/mol. The van der Waals surface area contributed by atoms with Crippen LogP contribution in [0.1, 0.15) is 15.9 Å². The van der Waals surface area contributed by atoms with E-state index in [4.69, 9.17) is 5.26 Å². The molecule has 24 heavy (non-hydrogen) atoms. The van der Waals surface area contributed by atoms with Gasteiger partial charge in [-0.15, -0.1) is 0 Å². The largest absolute Gasteiger partial charge is 0.336 e. The van der Waals surface area contributed by atoms with Gasteiger partial charge in [0.2, 0.25) is 5.95 Å². The second-order valence-corrected chi connectivity index (χ2v) is 5.70. The minimum absolute atomic E-state index is 0.0342. The Hall–Kier alpha value is -2.98. The fraction of sp³-hybridized carbons (Fsp3) is 0.294. The molecule has 2 heterocycles. The van der Waals surface area contributed by atoms with Crippen LogP contribution >= 0.6 is 0 Å². The van der Waals surface area contributed by atoms with Gasteiger partial charge in [-0.05, 0) is 31.3 Å². The summed E-state index contributed by atoms with van der Waals surface area (Å²) < 4.78 is 0. The molecule has 0 spiro atoms. The van der Waals surface area contributed by atoms with Gasteiger partial charge in [0.25, 0.3) is 5.91 Å². The van der Waals surface area contributed by atoms with Crippen LogP contribution in [-0.4, -0.2) is 58.9 Å². The fourth-order valence-corrected chi connectivity index (χ4v) is 2.45. The summed E-state index contributed by atoms with van der Waals surface area (Å²) >= 11 is 0. The van der Waals surface area contributed by atoms with Gasteiger partial charge < -0.3 is 15.1 Å².